The van der Waals surface area contributed by atoms with Crippen LogP contribution in [-0.4, -0.2) is 51.5 Å². The number of hydrogen-bond donors (Lipinski definition) is 1. The van der Waals surface area contributed by atoms with Crippen molar-refractivity contribution in [3.8, 4) is 0 Å². The molecule has 1 aromatic carbocycles. The zero-order valence-electron chi connectivity index (χ0n) is 13.1. The van der Waals surface area contributed by atoms with Crippen LogP contribution in [0.1, 0.15) is 18.9 Å². The Hall–Kier alpha value is -1.10. The number of nitrogens with one attached hydrogen (secondary N) is 1. The van der Waals surface area contributed by atoms with Crippen LogP contribution in [0.2, 0.25) is 0 Å². The maximum absolute atomic E-state index is 5.97. The third kappa shape index (κ3) is 3.95. The van der Waals surface area contributed by atoms with Crippen molar-refractivity contribution < 1.29 is 4.74 Å². The molecule has 20 heavy (non-hydrogen) atoms. The third-order valence-electron chi connectivity index (χ3n) is 3.77. The van der Waals surface area contributed by atoms with E-state index in [2.05, 4.69) is 60.4 Å². The molecule has 0 spiro atoms. The number of para-hydroxylation sites is 1. The van der Waals surface area contributed by atoms with Crippen molar-refractivity contribution in [3.63, 3.8) is 0 Å². The molecular weight excluding hydrogens is 250 g/mol. The zero-order chi connectivity index (χ0) is 14.5. The van der Waals surface area contributed by atoms with Gasteiger partial charge in [-0.2, -0.15) is 0 Å². The fourth-order valence-corrected chi connectivity index (χ4v) is 2.71. The monoisotopic (exact) mass is 277 g/mol. The molecular formula is C16H27N3O. The van der Waals surface area contributed by atoms with Gasteiger partial charge >= 0.3 is 0 Å². The van der Waals surface area contributed by atoms with Crippen LogP contribution in [0, 0.1) is 0 Å². The summed E-state index contributed by atoms with van der Waals surface area (Å²) in [5.41, 5.74) is 2.74. The fourth-order valence-electron chi connectivity index (χ4n) is 2.71. The molecule has 1 heterocycles. The Labute approximate surface area is 122 Å². The lowest BCUT2D eigenvalue weighted by atomic mass is 10.1. The first-order chi connectivity index (χ1) is 9.60. The molecule has 1 aromatic rings. The van der Waals surface area contributed by atoms with E-state index in [1.54, 1.807) is 0 Å². The molecule has 2 rings (SSSR count). The number of hydrogen-bond acceptors (Lipinski definition) is 4. The summed E-state index contributed by atoms with van der Waals surface area (Å²) in [4.78, 5) is 4.66. The molecule has 0 amide bonds. The molecule has 112 valence electrons. The van der Waals surface area contributed by atoms with Crippen molar-refractivity contribution in [2.45, 2.75) is 32.2 Å². The van der Waals surface area contributed by atoms with Crippen LogP contribution in [0.3, 0.4) is 0 Å². The molecule has 0 aliphatic carbocycles. The number of rotatable bonds is 6. The number of nitrogens with zero attached hydrogens (tertiary/aromatic N) is 2. The molecule has 1 fully saturated rings. The highest BCUT2D eigenvalue weighted by Crippen LogP contribution is 2.26. The predicted octanol–water partition coefficient (Wildman–Crippen LogP) is 1.91. The van der Waals surface area contributed by atoms with Gasteiger partial charge in [0.25, 0.3) is 0 Å². The van der Waals surface area contributed by atoms with Gasteiger partial charge in [-0.1, -0.05) is 18.2 Å². The van der Waals surface area contributed by atoms with E-state index >= 15 is 0 Å². The Morgan fingerprint density at radius 2 is 2.15 bits per heavy atom. The minimum Gasteiger partial charge on any atom is -0.369 e. The van der Waals surface area contributed by atoms with Crippen LogP contribution in [0.4, 0.5) is 5.69 Å². The molecule has 4 nitrogen and oxygen atoms in total. The summed E-state index contributed by atoms with van der Waals surface area (Å²) in [5.74, 6) is 0. The molecule has 0 aromatic heterocycles. The summed E-state index contributed by atoms with van der Waals surface area (Å²) in [6.07, 6.45) is 1.55. The van der Waals surface area contributed by atoms with Crippen LogP contribution in [-0.2, 0) is 11.3 Å². The number of benzene rings is 1. The van der Waals surface area contributed by atoms with Crippen LogP contribution < -0.4 is 10.2 Å². The van der Waals surface area contributed by atoms with E-state index in [1.165, 1.54) is 11.3 Å². The minimum atomic E-state index is 0.122. The van der Waals surface area contributed by atoms with Crippen molar-refractivity contribution in [2.75, 3.05) is 39.1 Å². The molecule has 0 saturated carbocycles. The lowest BCUT2D eigenvalue weighted by Gasteiger charge is -2.24. The van der Waals surface area contributed by atoms with Crippen molar-refractivity contribution in [3.05, 3.63) is 29.8 Å². The van der Waals surface area contributed by atoms with Gasteiger partial charge < -0.3 is 14.5 Å². The molecule has 1 aliphatic rings. The van der Waals surface area contributed by atoms with E-state index in [9.17, 15) is 0 Å². The summed E-state index contributed by atoms with van der Waals surface area (Å²) in [6, 6.07) is 8.69. The summed E-state index contributed by atoms with van der Waals surface area (Å²) < 4.78 is 5.97. The van der Waals surface area contributed by atoms with E-state index < -0.39 is 0 Å². The second kappa shape index (κ2) is 7.07. The molecule has 2 atom stereocenters. The van der Waals surface area contributed by atoms with Gasteiger partial charge in [-0.3, -0.25) is 5.32 Å². The Morgan fingerprint density at radius 3 is 2.85 bits per heavy atom. The molecule has 1 saturated heterocycles. The molecule has 1 unspecified atom stereocenters. The third-order valence-corrected chi connectivity index (χ3v) is 3.77. The van der Waals surface area contributed by atoms with Gasteiger partial charge in [-0.15, -0.1) is 0 Å². The largest absolute Gasteiger partial charge is 0.369 e. The second-order valence-electron chi connectivity index (χ2n) is 5.79. The van der Waals surface area contributed by atoms with Gasteiger partial charge in [0.1, 0.15) is 6.23 Å². The normalized spacial score (nSPS) is 20.6. The average Bonchev–Trinajstić information content (AvgIpc) is 2.87. The quantitative estimate of drug-likeness (QED) is 0.804. The fraction of sp³-hybridized carbons (Fsp3) is 0.625. The van der Waals surface area contributed by atoms with Gasteiger partial charge in [0.2, 0.25) is 0 Å². The maximum atomic E-state index is 5.97. The highest BCUT2D eigenvalue weighted by atomic mass is 16.5. The lowest BCUT2D eigenvalue weighted by molar-refractivity contribution is -0.00394. The van der Waals surface area contributed by atoms with Gasteiger partial charge in [0, 0.05) is 25.3 Å². The first-order valence-corrected chi connectivity index (χ1v) is 7.40. The first-order valence-electron chi connectivity index (χ1n) is 7.40. The molecule has 0 bridgehead atoms. The Morgan fingerprint density at radius 1 is 1.40 bits per heavy atom. The number of ether oxygens (including phenoxy) is 1. The summed E-state index contributed by atoms with van der Waals surface area (Å²) >= 11 is 0. The van der Waals surface area contributed by atoms with E-state index in [-0.39, 0.29) is 6.23 Å². The zero-order valence-corrected chi connectivity index (χ0v) is 13.1. The van der Waals surface area contributed by atoms with Crippen LogP contribution in [0.25, 0.3) is 0 Å². The highest BCUT2D eigenvalue weighted by Gasteiger charge is 2.25. The Kier molecular flexibility index (Phi) is 5.40. The van der Waals surface area contributed by atoms with E-state index in [0.29, 0.717) is 6.10 Å². The van der Waals surface area contributed by atoms with E-state index in [4.69, 9.17) is 4.74 Å². The molecule has 1 aliphatic heterocycles. The second-order valence-corrected chi connectivity index (χ2v) is 5.79. The van der Waals surface area contributed by atoms with Crippen LogP contribution in [0.5, 0.6) is 0 Å². The average molecular weight is 277 g/mol. The lowest BCUT2D eigenvalue weighted by Crippen LogP contribution is -2.32. The van der Waals surface area contributed by atoms with Crippen LogP contribution >= 0.6 is 0 Å². The van der Waals surface area contributed by atoms with Gasteiger partial charge in [0.05, 0.1) is 6.10 Å². The predicted molar refractivity (Wildman–Crippen MR) is 84.1 cm³/mol. The molecule has 0 radical (unpaired) electrons. The summed E-state index contributed by atoms with van der Waals surface area (Å²) in [7, 11) is 6.16. The van der Waals surface area contributed by atoms with E-state index in [0.717, 1.165) is 26.1 Å². The van der Waals surface area contributed by atoms with Crippen molar-refractivity contribution in [2.24, 2.45) is 0 Å². The SMILES string of the molecule is CNC(C)O[C@@H]1CCN(c2ccccc2CN(C)C)C1. The first kappa shape index (κ1) is 15.3. The Balaban J connectivity index is 2.02. The number of anilines is 1. The smallest absolute Gasteiger partial charge is 0.105 e. The summed E-state index contributed by atoms with van der Waals surface area (Å²) in [5, 5.41) is 3.14. The van der Waals surface area contributed by atoms with Crippen molar-refractivity contribution >= 4 is 5.69 Å². The Bertz CT molecular complexity index is 422. The van der Waals surface area contributed by atoms with Gasteiger partial charge in [-0.05, 0) is 46.1 Å². The highest BCUT2D eigenvalue weighted by molar-refractivity contribution is 5.54. The summed E-state index contributed by atoms with van der Waals surface area (Å²) in [6.45, 7) is 5.09. The van der Waals surface area contributed by atoms with E-state index in [1.807, 2.05) is 7.05 Å². The molecule has 4 heteroatoms. The minimum absolute atomic E-state index is 0.122. The molecule has 1 N–H and O–H groups in total. The van der Waals surface area contributed by atoms with Gasteiger partial charge in [-0.25, -0.2) is 0 Å². The standard InChI is InChI=1S/C16H27N3O/c1-13(17-2)20-15-9-10-19(12-15)16-8-6-5-7-14(16)11-18(3)4/h5-8,13,15,17H,9-12H2,1-4H3/t13?,15-/m1/s1. The van der Waals surface area contributed by atoms with Gasteiger partial charge in [0.15, 0.2) is 0 Å². The van der Waals surface area contributed by atoms with Crippen LogP contribution in [0.15, 0.2) is 24.3 Å². The van der Waals surface area contributed by atoms with Crippen molar-refractivity contribution in [1.29, 1.82) is 0 Å². The maximum Gasteiger partial charge on any atom is 0.105 e. The topological polar surface area (TPSA) is 27.7 Å². The van der Waals surface area contributed by atoms with Crippen molar-refractivity contribution in [1.82, 2.24) is 10.2 Å².